The first-order valence-corrected chi connectivity index (χ1v) is 6.61. The van der Waals surface area contributed by atoms with Gasteiger partial charge in [-0.2, -0.15) is 0 Å². The lowest BCUT2D eigenvalue weighted by atomic mass is 10.1. The van der Waals surface area contributed by atoms with Crippen molar-refractivity contribution in [1.29, 1.82) is 0 Å². The quantitative estimate of drug-likeness (QED) is 0.619. The molecule has 0 amide bonds. The van der Waals surface area contributed by atoms with Gasteiger partial charge in [0.1, 0.15) is 5.75 Å². The van der Waals surface area contributed by atoms with Crippen molar-refractivity contribution in [3.63, 3.8) is 0 Å². The Labute approximate surface area is 120 Å². The fourth-order valence-electron chi connectivity index (χ4n) is 1.65. The molecule has 0 fully saturated rings. The molecule has 2 aromatic rings. The normalized spacial score (nSPS) is 10.6. The number of hydrogen-bond acceptors (Lipinski definition) is 2. The molecule has 2 rings (SSSR count). The van der Waals surface area contributed by atoms with Gasteiger partial charge in [-0.25, -0.2) is 0 Å². The highest BCUT2D eigenvalue weighted by atomic mass is 79.9. The van der Waals surface area contributed by atoms with Gasteiger partial charge in [0.2, 0.25) is 0 Å². The van der Waals surface area contributed by atoms with Crippen molar-refractivity contribution >= 4 is 27.8 Å². The van der Waals surface area contributed by atoms with Crippen LogP contribution in [0.2, 0.25) is 0 Å². The van der Waals surface area contributed by atoms with Gasteiger partial charge in [0.25, 0.3) is 0 Å². The molecule has 0 aliphatic heterocycles. The summed E-state index contributed by atoms with van der Waals surface area (Å²) in [6, 6.07) is 15.0. The molecule has 0 aliphatic rings. The smallest absolute Gasteiger partial charge is 0.185 e. The minimum absolute atomic E-state index is 0.0466. The number of methoxy groups -OCH3 is 1. The number of carbonyl (C=O) groups is 1. The molecule has 0 unspecified atom stereocenters. The Kier molecular flexibility index (Phi) is 4.53. The van der Waals surface area contributed by atoms with Crippen molar-refractivity contribution in [3.05, 3.63) is 70.2 Å². The van der Waals surface area contributed by atoms with E-state index in [-0.39, 0.29) is 5.78 Å². The van der Waals surface area contributed by atoms with Gasteiger partial charge in [0.15, 0.2) is 5.78 Å². The van der Waals surface area contributed by atoms with Crippen molar-refractivity contribution in [2.45, 2.75) is 0 Å². The standard InChI is InChI=1S/C16H13BrO2/c1-19-16-11-13(8-9-14(16)17)15(18)10-7-12-5-3-2-4-6-12/h2-11H,1H3/b10-7+. The first-order chi connectivity index (χ1) is 9.20. The number of benzene rings is 2. The molecule has 0 bridgehead atoms. The Balaban J connectivity index is 2.18. The van der Waals surface area contributed by atoms with E-state index in [2.05, 4.69) is 15.9 Å². The maximum atomic E-state index is 12.0. The maximum absolute atomic E-state index is 12.0. The summed E-state index contributed by atoms with van der Waals surface area (Å²) in [6.07, 6.45) is 3.37. The Hall–Kier alpha value is -1.87. The van der Waals surface area contributed by atoms with Crippen molar-refractivity contribution in [2.75, 3.05) is 7.11 Å². The molecule has 0 saturated carbocycles. The number of rotatable bonds is 4. The summed E-state index contributed by atoms with van der Waals surface area (Å²) in [6.45, 7) is 0. The van der Waals surface area contributed by atoms with Crippen molar-refractivity contribution in [3.8, 4) is 5.75 Å². The molecule has 0 heterocycles. The number of ketones is 1. The topological polar surface area (TPSA) is 26.3 Å². The molecule has 0 N–H and O–H groups in total. The molecular formula is C16H13BrO2. The molecule has 96 valence electrons. The van der Waals surface area contributed by atoms with E-state index in [1.807, 2.05) is 36.4 Å². The third-order valence-corrected chi connectivity index (χ3v) is 3.32. The number of carbonyl (C=O) groups excluding carboxylic acids is 1. The predicted molar refractivity (Wildman–Crippen MR) is 80.5 cm³/mol. The molecule has 0 saturated heterocycles. The maximum Gasteiger partial charge on any atom is 0.185 e. The van der Waals surface area contributed by atoms with E-state index in [0.717, 1.165) is 10.0 Å². The van der Waals surface area contributed by atoms with Gasteiger partial charge in [-0.15, -0.1) is 0 Å². The Morgan fingerprint density at radius 2 is 1.89 bits per heavy atom. The lowest BCUT2D eigenvalue weighted by Crippen LogP contribution is -1.95. The molecule has 19 heavy (non-hydrogen) atoms. The van der Waals surface area contributed by atoms with Crippen LogP contribution < -0.4 is 4.74 Å². The van der Waals surface area contributed by atoms with Crippen LogP contribution in [0.15, 0.2) is 59.1 Å². The van der Waals surface area contributed by atoms with E-state index in [1.165, 1.54) is 0 Å². The van der Waals surface area contributed by atoms with Gasteiger partial charge in [0.05, 0.1) is 11.6 Å². The highest BCUT2D eigenvalue weighted by Crippen LogP contribution is 2.25. The van der Waals surface area contributed by atoms with Crippen LogP contribution in [0.3, 0.4) is 0 Å². The van der Waals surface area contributed by atoms with Gasteiger partial charge >= 0.3 is 0 Å². The van der Waals surface area contributed by atoms with Crippen LogP contribution in [0, 0.1) is 0 Å². The summed E-state index contributed by atoms with van der Waals surface area (Å²) < 4.78 is 6.01. The second-order valence-electron chi connectivity index (χ2n) is 3.96. The van der Waals surface area contributed by atoms with Crippen LogP contribution in [0.5, 0.6) is 5.75 Å². The number of ether oxygens (including phenoxy) is 1. The Morgan fingerprint density at radius 3 is 2.58 bits per heavy atom. The minimum Gasteiger partial charge on any atom is -0.496 e. The summed E-state index contributed by atoms with van der Waals surface area (Å²) in [5, 5.41) is 0. The fraction of sp³-hybridized carbons (Fsp3) is 0.0625. The van der Waals surface area contributed by atoms with Gasteiger partial charge in [-0.05, 0) is 45.8 Å². The largest absolute Gasteiger partial charge is 0.496 e. The number of halogens is 1. The van der Waals surface area contributed by atoms with Crippen molar-refractivity contribution in [1.82, 2.24) is 0 Å². The van der Waals surface area contributed by atoms with Gasteiger partial charge in [0, 0.05) is 5.56 Å². The Morgan fingerprint density at radius 1 is 1.16 bits per heavy atom. The van der Waals surface area contributed by atoms with E-state index in [9.17, 15) is 4.79 Å². The molecule has 3 heteroatoms. The highest BCUT2D eigenvalue weighted by Gasteiger charge is 2.06. The molecule has 0 atom stereocenters. The van der Waals surface area contributed by atoms with Crippen molar-refractivity contribution < 1.29 is 9.53 Å². The predicted octanol–water partition coefficient (Wildman–Crippen LogP) is 4.35. The van der Waals surface area contributed by atoms with Crippen LogP contribution in [-0.2, 0) is 0 Å². The second kappa shape index (κ2) is 6.34. The fourth-order valence-corrected chi connectivity index (χ4v) is 2.05. The van der Waals surface area contributed by atoms with E-state index < -0.39 is 0 Å². The number of hydrogen-bond donors (Lipinski definition) is 0. The van der Waals surface area contributed by atoms with Gasteiger partial charge in [-0.1, -0.05) is 36.4 Å². The van der Waals surface area contributed by atoms with E-state index in [1.54, 1.807) is 31.4 Å². The molecule has 0 aliphatic carbocycles. The number of allylic oxidation sites excluding steroid dienone is 1. The Bertz CT molecular complexity index is 603. The van der Waals surface area contributed by atoms with Crippen LogP contribution >= 0.6 is 15.9 Å². The first-order valence-electron chi connectivity index (χ1n) is 5.81. The zero-order chi connectivity index (χ0) is 13.7. The molecule has 0 aromatic heterocycles. The zero-order valence-electron chi connectivity index (χ0n) is 10.5. The lowest BCUT2D eigenvalue weighted by Gasteiger charge is -2.04. The summed E-state index contributed by atoms with van der Waals surface area (Å²) in [7, 11) is 1.58. The van der Waals surface area contributed by atoms with Crippen LogP contribution in [0.25, 0.3) is 6.08 Å². The average molecular weight is 317 g/mol. The molecule has 2 aromatic carbocycles. The van der Waals surface area contributed by atoms with Crippen molar-refractivity contribution in [2.24, 2.45) is 0 Å². The van der Waals surface area contributed by atoms with E-state index >= 15 is 0 Å². The average Bonchev–Trinajstić information content (AvgIpc) is 2.46. The zero-order valence-corrected chi connectivity index (χ0v) is 12.1. The minimum atomic E-state index is -0.0466. The third-order valence-electron chi connectivity index (χ3n) is 2.66. The summed E-state index contributed by atoms with van der Waals surface area (Å²) >= 11 is 3.36. The highest BCUT2D eigenvalue weighted by molar-refractivity contribution is 9.10. The SMILES string of the molecule is COc1cc(C(=O)/C=C/c2ccccc2)ccc1Br. The van der Waals surface area contributed by atoms with Gasteiger partial charge in [-0.3, -0.25) is 4.79 Å². The summed E-state index contributed by atoms with van der Waals surface area (Å²) in [5.41, 5.74) is 1.60. The van der Waals surface area contributed by atoms with Gasteiger partial charge < -0.3 is 4.74 Å². The van der Waals surface area contributed by atoms with Crippen LogP contribution in [0.1, 0.15) is 15.9 Å². The summed E-state index contributed by atoms with van der Waals surface area (Å²) in [5.74, 6) is 0.605. The van der Waals surface area contributed by atoms with Crippen LogP contribution in [0.4, 0.5) is 0 Å². The first kappa shape index (κ1) is 13.6. The second-order valence-corrected chi connectivity index (χ2v) is 4.81. The third kappa shape index (κ3) is 3.55. The molecule has 0 radical (unpaired) electrons. The molecule has 2 nitrogen and oxygen atoms in total. The van der Waals surface area contributed by atoms with E-state index in [0.29, 0.717) is 11.3 Å². The lowest BCUT2D eigenvalue weighted by molar-refractivity contribution is 0.104. The molecule has 0 spiro atoms. The van der Waals surface area contributed by atoms with E-state index in [4.69, 9.17) is 4.74 Å². The summed E-state index contributed by atoms with van der Waals surface area (Å²) in [4.78, 5) is 12.0. The monoisotopic (exact) mass is 316 g/mol. The van der Waals surface area contributed by atoms with Crippen LogP contribution in [-0.4, -0.2) is 12.9 Å². The molecular weight excluding hydrogens is 304 g/mol.